The summed E-state index contributed by atoms with van der Waals surface area (Å²) in [6, 6.07) is 0. The lowest BCUT2D eigenvalue weighted by atomic mass is 9.62. The molecule has 18 heavy (non-hydrogen) atoms. The van der Waals surface area contributed by atoms with Gasteiger partial charge in [-0.15, -0.1) is 13.2 Å². The van der Waals surface area contributed by atoms with Crippen molar-refractivity contribution in [2.75, 3.05) is 7.11 Å². The van der Waals surface area contributed by atoms with E-state index >= 15 is 0 Å². The number of carbonyl (C=O) groups excluding carboxylic acids is 1. The molecule has 1 aliphatic carbocycles. The number of rotatable bonds is 6. The first-order chi connectivity index (χ1) is 8.62. The third kappa shape index (κ3) is 2.74. The van der Waals surface area contributed by atoms with Crippen LogP contribution in [-0.2, 0) is 9.53 Å². The van der Waals surface area contributed by atoms with Crippen molar-refractivity contribution in [1.82, 2.24) is 0 Å². The van der Waals surface area contributed by atoms with E-state index in [1.807, 2.05) is 12.2 Å². The Morgan fingerprint density at radius 3 is 2.78 bits per heavy atom. The molecule has 0 heterocycles. The van der Waals surface area contributed by atoms with Gasteiger partial charge in [-0.1, -0.05) is 23.8 Å². The lowest BCUT2D eigenvalue weighted by Gasteiger charge is -2.42. The zero-order chi connectivity index (χ0) is 13.6. The molecule has 0 aliphatic heterocycles. The third-order valence-electron chi connectivity index (χ3n) is 4.13. The van der Waals surface area contributed by atoms with E-state index in [2.05, 4.69) is 26.2 Å². The Bertz CT molecular complexity index is 354. The Kier molecular flexibility index (Phi) is 5.39. The summed E-state index contributed by atoms with van der Waals surface area (Å²) in [4.78, 5) is 12.1. The van der Waals surface area contributed by atoms with Crippen LogP contribution < -0.4 is 0 Å². The topological polar surface area (TPSA) is 26.3 Å². The molecule has 0 saturated heterocycles. The predicted octanol–water partition coefficient (Wildman–Crippen LogP) is 4.04. The predicted molar refractivity (Wildman–Crippen MR) is 75.2 cm³/mol. The van der Waals surface area contributed by atoms with Gasteiger partial charge in [0.1, 0.15) is 0 Å². The molecule has 0 aromatic carbocycles. The van der Waals surface area contributed by atoms with Gasteiger partial charge in [0, 0.05) is 5.41 Å². The molecular formula is C16H24O2. The van der Waals surface area contributed by atoms with Gasteiger partial charge in [0.25, 0.3) is 0 Å². The van der Waals surface area contributed by atoms with Crippen molar-refractivity contribution < 1.29 is 9.53 Å². The monoisotopic (exact) mass is 248 g/mol. The van der Waals surface area contributed by atoms with E-state index in [-0.39, 0.29) is 17.3 Å². The highest BCUT2D eigenvalue weighted by Crippen LogP contribution is 2.48. The maximum absolute atomic E-state index is 12.1. The molecule has 2 unspecified atom stereocenters. The van der Waals surface area contributed by atoms with Crippen LogP contribution in [0.5, 0.6) is 0 Å². The summed E-state index contributed by atoms with van der Waals surface area (Å²) in [6.45, 7) is 9.76. The fourth-order valence-corrected chi connectivity index (χ4v) is 3.10. The van der Waals surface area contributed by atoms with Gasteiger partial charge in [-0.2, -0.15) is 0 Å². The molecule has 0 aromatic heterocycles. The lowest BCUT2D eigenvalue weighted by Crippen LogP contribution is -2.38. The van der Waals surface area contributed by atoms with Gasteiger partial charge >= 0.3 is 5.97 Å². The highest BCUT2D eigenvalue weighted by Gasteiger charge is 2.43. The molecule has 0 N–H and O–H groups in total. The number of carbonyl (C=O) groups is 1. The summed E-state index contributed by atoms with van der Waals surface area (Å²) < 4.78 is 4.99. The van der Waals surface area contributed by atoms with Gasteiger partial charge in [0.05, 0.1) is 13.0 Å². The Morgan fingerprint density at radius 2 is 2.28 bits per heavy atom. The van der Waals surface area contributed by atoms with E-state index in [4.69, 9.17) is 4.74 Å². The highest BCUT2D eigenvalue weighted by atomic mass is 16.5. The van der Waals surface area contributed by atoms with Crippen LogP contribution in [0, 0.1) is 11.3 Å². The standard InChI is InChI=1S/C16H24O2/c1-5-9-14(15(17)18-4)16(11-6-2)12-8-7-10-13(16)3/h5-6,10,14H,1-2,7-9,11-12H2,3-4H3. The molecule has 0 bridgehead atoms. The first-order valence-electron chi connectivity index (χ1n) is 6.59. The van der Waals surface area contributed by atoms with Crippen LogP contribution in [0.4, 0.5) is 0 Å². The second-order valence-corrected chi connectivity index (χ2v) is 5.03. The SMILES string of the molecule is C=CCC(C(=O)OC)C1(CC=C)CCCC=C1C. The fourth-order valence-electron chi connectivity index (χ4n) is 3.10. The van der Waals surface area contributed by atoms with Crippen molar-refractivity contribution in [2.24, 2.45) is 11.3 Å². The van der Waals surface area contributed by atoms with E-state index < -0.39 is 0 Å². The van der Waals surface area contributed by atoms with Gasteiger partial charge in [-0.25, -0.2) is 0 Å². The molecule has 0 aromatic rings. The number of methoxy groups -OCH3 is 1. The van der Waals surface area contributed by atoms with Gasteiger partial charge < -0.3 is 4.74 Å². The van der Waals surface area contributed by atoms with Crippen molar-refractivity contribution in [3.8, 4) is 0 Å². The number of allylic oxidation sites excluding steroid dienone is 4. The summed E-state index contributed by atoms with van der Waals surface area (Å²) in [5.74, 6) is -0.277. The summed E-state index contributed by atoms with van der Waals surface area (Å²) in [5.41, 5.74) is 1.17. The minimum Gasteiger partial charge on any atom is -0.469 e. The van der Waals surface area contributed by atoms with Crippen LogP contribution in [0.15, 0.2) is 37.0 Å². The molecule has 1 rings (SSSR count). The number of esters is 1. The maximum Gasteiger partial charge on any atom is 0.309 e. The zero-order valence-corrected chi connectivity index (χ0v) is 11.6. The van der Waals surface area contributed by atoms with Crippen LogP contribution >= 0.6 is 0 Å². The summed E-state index contributed by atoms with van der Waals surface area (Å²) in [6.07, 6.45) is 10.7. The Labute approximate surface area is 110 Å². The summed E-state index contributed by atoms with van der Waals surface area (Å²) >= 11 is 0. The largest absolute Gasteiger partial charge is 0.469 e. The first kappa shape index (κ1) is 14.7. The van der Waals surface area contributed by atoms with Crippen molar-refractivity contribution in [2.45, 2.75) is 39.0 Å². The third-order valence-corrected chi connectivity index (χ3v) is 4.13. The van der Waals surface area contributed by atoms with Gasteiger partial charge in [-0.05, 0) is 39.0 Å². The number of hydrogen-bond donors (Lipinski definition) is 0. The van der Waals surface area contributed by atoms with Gasteiger partial charge in [0.2, 0.25) is 0 Å². The van der Waals surface area contributed by atoms with Crippen LogP contribution in [0.2, 0.25) is 0 Å². The molecule has 0 fully saturated rings. The van der Waals surface area contributed by atoms with E-state index in [0.29, 0.717) is 6.42 Å². The molecule has 0 amide bonds. The molecule has 0 saturated carbocycles. The Hall–Kier alpha value is -1.31. The highest BCUT2D eigenvalue weighted by molar-refractivity contribution is 5.74. The fraction of sp³-hybridized carbons (Fsp3) is 0.562. The van der Waals surface area contributed by atoms with Crippen molar-refractivity contribution in [3.05, 3.63) is 37.0 Å². The van der Waals surface area contributed by atoms with Crippen LogP contribution in [-0.4, -0.2) is 13.1 Å². The van der Waals surface area contributed by atoms with Crippen molar-refractivity contribution in [1.29, 1.82) is 0 Å². The number of hydrogen-bond acceptors (Lipinski definition) is 2. The molecule has 100 valence electrons. The molecule has 0 spiro atoms. The van der Waals surface area contributed by atoms with Gasteiger partial charge in [0.15, 0.2) is 0 Å². The van der Waals surface area contributed by atoms with E-state index in [1.165, 1.54) is 12.7 Å². The molecule has 1 aliphatic rings. The minimum absolute atomic E-state index is 0.124. The molecule has 2 nitrogen and oxygen atoms in total. The molecule has 2 atom stereocenters. The normalized spacial score (nSPS) is 24.9. The molecular weight excluding hydrogens is 224 g/mol. The average Bonchev–Trinajstić information content (AvgIpc) is 2.38. The molecule has 2 heteroatoms. The maximum atomic E-state index is 12.1. The quantitative estimate of drug-likeness (QED) is 0.523. The average molecular weight is 248 g/mol. The second-order valence-electron chi connectivity index (χ2n) is 5.03. The summed E-state index contributed by atoms with van der Waals surface area (Å²) in [7, 11) is 1.46. The van der Waals surface area contributed by atoms with Crippen LogP contribution in [0.3, 0.4) is 0 Å². The van der Waals surface area contributed by atoms with E-state index in [0.717, 1.165) is 25.7 Å². The van der Waals surface area contributed by atoms with Crippen LogP contribution in [0.1, 0.15) is 39.0 Å². The number of ether oxygens (including phenoxy) is 1. The van der Waals surface area contributed by atoms with E-state index in [1.54, 1.807) is 0 Å². The Morgan fingerprint density at radius 1 is 1.56 bits per heavy atom. The minimum atomic E-state index is -0.144. The first-order valence-corrected chi connectivity index (χ1v) is 6.59. The smallest absolute Gasteiger partial charge is 0.309 e. The zero-order valence-electron chi connectivity index (χ0n) is 11.6. The Balaban J connectivity index is 3.17. The van der Waals surface area contributed by atoms with E-state index in [9.17, 15) is 4.79 Å². The lowest BCUT2D eigenvalue weighted by molar-refractivity contribution is -0.149. The molecule has 0 radical (unpaired) electrons. The van der Waals surface area contributed by atoms with Gasteiger partial charge in [-0.3, -0.25) is 4.79 Å². The second kappa shape index (κ2) is 6.58. The van der Waals surface area contributed by atoms with Crippen molar-refractivity contribution >= 4 is 5.97 Å². The summed E-state index contributed by atoms with van der Waals surface area (Å²) in [5, 5.41) is 0. The van der Waals surface area contributed by atoms with Crippen molar-refractivity contribution in [3.63, 3.8) is 0 Å². The van der Waals surface area contributed by atoms with Crippen LogP contribution in [0.25, 0.3) is 0 Å².